The lowest BCUT2D eigenvalue weighted by atomic mass is 9.95. The number of amides is 1. The topological polar surface area (TPSA) is 140 Å². The van der Waals surface area contributed by atoms with E-state index in [2.05, 4.69) is 27.8 Å². The van der Waals surface area contributed by atoms with Gasteiger partial charge >= 0.3 is 5.97 Å². The van der Waals surface area contributed by atoms with Gasteiger partial charge in [-0.1, -0.05) is 6.07 Å². The number of hydrogen-bond acceptors (Lipinski definition) is 8. The number of carboxylic acids is 1. The van der Waals surface area contributed by atoms with Crippen LogP contribution in [0.4, 0.5) is 10.2 Å². The van der Waals surface area contributed by atoms with E-state index in [4.69, 9.17) is 9.72 Å². The maximum Gasteiger partial charge on any atom is 0.326 e. The first-order valence-electron chi connectivity index (χ1n) is 14.3. The molecule has 0 saturated heterocycles. The number of fused-ring (bicyclic) bond motifs is 1. The smallest absolute Gasteiger partial charge is 0.326 e. The van der Waals surface area contributed by atoms with Gasteiger partial charge in [-0.15, -0.1) is 0 Å². The van der Waals surface area contributed by atoms with Crippen molar-refractivity contribution in [3.05, 3.63) is 53.0 Å². The lowest BCUT2D eigenvalue weighted by Gasteiger charge is -2.27. The Morgan fingerprint density at radius 1 is 1.29 bits per heavy atom. The number of ether oxygens (including phenoxy) is 1. The van der Waals surface area contributed by atoms with Gasteiger partial charge in [-0.25, -0.2) is 14.2 Å². The number of carbonyl (C=O) groups is 2. The molecule has 2 unspecified atom stereocenters. The first kappa shape index (κ1) is 30.3. The van der Waals surface area contributed by atoms with E-state index < -0.39 is 30.2 Å². The van der Waals surface area contributed by atoms with Crippen molar-refractivity contribution in [1.29, 1.82) is 5.26 Å². The largest absolute Gasteiger partial charge is 0.480 e. The Balaban J connectivity index is 1.32. The van der Waals surface area contributed by atoms with Gasteiger partial charge in [-0.05, 0) is 81.2 Å². The van der Waals surface area contributed by atoms with E-state index in [0.29, 0.717) is 43.6 Å². The summed E-state index contributed by atoms with van der Waals surface area (Å²) < 4.78 is 18.7. The van der Waals surface area contributed by atoms with E-state index >= 15 is 0 Å². The zero-order valence-electron chi connectivity index (χ0n) is 23.6. The number of methoxy groups -OCH3 is 1. The minimum Gasteiger partial charge on any atom is -0.480 e. The molecule has 0 aromatic carbocycles. The van der Waals surface area contributed by atoms with Crippen molar-refractivity contribution in [3.63, 3.8) is 0 Å². The van der Waals surface area contributed by atoms with Gasteiger partial charge in [0.05, 0.1) is 17.1 Å². The van der Waals surface area contributed by atoms with Crippen LogP contribution in [-0.4, -0.2) is 84.0 Å². The normalized spacial score (nSPS) is 16.6. The number of halogens is 1. The van der Waals surface area contributed by atoms with Crippen molar-refractivity contribution in [2.75, 3.05) is 45.3 Å². The fourth-order valence-corrected chi connectivity index (χ4v) is 5.32. The summed E-state index contributed by atoms with van der Waals surface area (Å²) in [7, 11) is 1.46. The van der Waals surface area contributed by atoms with Crippen LogP contribution in [0.1, 0.15) is 60.9 Å². The van der Waals surface area contributed by atoms with Crippen LogP contribution in [0.3, 0.4) is 0 Å². The molecule has 0 spiro atoms. The first-order chi connectivity index (χ1) is 19.9. The quantitative estimate of drug-likeness (QED) is 0.262. The van der Waals surface area contributed by atoms with E-state index in [-0.39, 0.29) is 12.3 Å². The Morgan fingerprint density at radius 2 is 2.12 bits per heavy atom. The van der Waals surface area contributed by atoms with Gasteiger partial charge < -0.3 is 25.4 Å². The second-order valence-corrected chi connectivity index (χ2v) is 10.9. The highest BCUT2D eigenvalue weighted by Crippen LogP contribution is 2.48. The molecule has 220 valence electrons. The van der Waals surface area contributed by atoms with Gasteiger partial charge in [0.2, 0.25) is 5.91 Å². The minimum absolute atomic E-state index is 0.161. The third-order valence-electron chi connectivity index (χ3n) is 8.02. The average molecular weight is 567 g/mol. The van der Waals surface area contributed by atoms with Crippen LogP contribution in [0.15, 0.2) is 30.6 Å². The van der Waals surface area contributed by atoms with Gasteiger partial charge in [0.15, 0.2) is 0 Å². The highest BCUT2D eigenvalue weighted by molar-refractivity contribution is 5.94. The summed E-state index contributed by atoms with van der Waals surface area (Å²) in [5.41, 5.74) is 2.40. The fraction of sp³-hybridized carbons (Fsp3) is 0.567. The zero-order valence-corrected chi connectivity index (χ0v) is 23.6. The number of rotatable bonds is 16. The van der Waals surface area contributed by atoms with Crippen molar-refractivity contribution in [2.24, 2.45) is 0 Å². The third-order valence-corrected chi connectivity index (χ3v) is 8.02. The van der Waals surface area contributed by atoms with Crippen molar-refractivity contribution in [2.45, 2.75) is 68.9 Å². The van der Waals surface area contributed by atoms with Crippen molar-refractivity contribution in [1.82, 2.24) is 20.2 Å². The second-order valence-electron chi connectivity index (χ2n) is 10.9. The molecule has 2 aromatic heterocycles. The maximum atomic E-state index is 13.5. The third kappa shape index (κ3) is 7.99. The zero-order chi connectivity index (χ0) is 29.2. The Morgan fingerprint density at radius 3 is 2.83 bits per heavy atom. The molecule has 1 aliphatic heterocycles. The van der Waals surface area contributed by atoms with Crippen LogP contribution < -0.4 is 10.6 Å². The Labute approximate surface area is 240 Å². The lowest BCUT2D eigenvalue weighted by Crippen LogP contribution is -2.47. The molecule has 2 aliphatic rings. The summed E-state index contributed by atoms with van der Waals surface area (Å²) in [4.78, 5) is 36.1. The Bertz CT molecular complexity index is 1240. The van der Waals surface area contributed by atoms with Crippen LogP contribution in [-0.2, 0) is 32.6 Å². The van der Waals surface area contributed by atoms with E-state index in [1.807, 2.05) is 11.0 Å². The molecule has 1 saturated carbocycles. The molecular weight excluding hydrogens is 527 g/mol. The Hall–Kier alpha value is -3.62. The van der Waals surface area contributed by atoms with Gasteiger partial charge in [-0.2, -0.15) is 5.26 Å². The van der Waals surface area contributed by atoms with Crippen molar-refractivity contribution >= 4 is 17.7 Å². The molecule has 4 rings (SSSR count). The highest BCUT2D eigenvalue weighted by atomic mass is 19.1. The number of hydrogen-bond donors (Lipinski definition) is 3. The van der Waals surface area contributed by atoms with Gasteiger partial charge in [-0.3, -0.25) is 9.78 Å². The Kier molecular flexibility index (Phi) is 10.6. The fourth-order valence-electron chi connectivity index (χ4n) is 5.32. The summed E-state index contributed by atoms with van der Waals surface area (Å²) in [6, 6.07) is 6.78. The predicted molar refractivity (Wildman–Crippen MR) is 151 cm³/mol. The molecule has 1 aliphatic carbocycles. The number of carboxylic acid groups (broad SMARTS) is 1. The molecule has 2 atom stereocenters. The number of nitrogens with zero attached hydrogens (tertiary/aromatic N) is 4. The first-order valence-corrected chi connectivity index (χ1v) is 14.3. The molecule has 10 nitrogen and oxygen atoms in total. The lowest BCUT2D eigenvalue weighted by molar-refractivity contribution is -0.142. The molecule has 11 heteroatoms. The monoisotopic (exact) mass is 566 g/mol. The van der Waals surface area contributed by atoms with Crippen LogP contribution in [0.2, 0.25) is 0 Å². The molecule has 0 radical (unpaired) electrons. The molecule has 1 fully saturated rings. The van der Waals surface area contributed by atoms with Gasteiger partial charge in [0.25, 0.3) is 0 Å². The second kappa shape index (κ2) is 14.3. The predicted octanol–water partition coefficient (Wildman–Crippen LogP) is 3.01. The van der Waals surface area contributed by atoms with Crippen LogP contribution in [0.5, 0.6) is 0 Å². The number of carbonyl (C=O) groups excluding carboxylic acids is 1. The summed E-state index contributed by atoms with van der Waals surface area (Å²) >= 11 is 0. The number of aliphatic carboxylic acids is 1. The van der Waals surface area contributed by atoms with Crippen molar-refractivity contribution in [3.8, 4) is 6.07 Å². The minimum atomic E-state index is -1.13. The molecule has 0 bridgehead atoms. The van der Waals surface area contributed by atoms with Crippen LogP contribution >= 0.6 is 0 Å². The van der Waals surface area contributed by atoms with Crippen molar-refractivity contribution < 1.29 is 23.8 Å². The van der Waals surface area contributed by atoms with Crippen LogP contribution in [0, 0.1) is 11.3 Å². The van der Waals surface area contributed by atoms with Gasteiger partial charge in [0.1, 0.15) is 24.6 Å². The maximum absolute atomic E-state index is 13.5. The summed E-state index contributed by atoms with van der Waals surface area (Å²) in [5.74, 6) is -0.525. The molecule has 2 aromatic rings. The summed E-state index contributed by atoms with van der Waals surface area (Å²) in [6.45, 7) is 1.62. The van der Waals surface area contributed by atoms with E-state index in [9.17, 15) is 24.3 Å². The number of aryl methyl sites for hydroxylation is 2. The molecular formula is C30H39FN6O4. The number of anilines is 1. The van der Waals surface area contributed by atoms with E-state index in [0.717, 1.165) is 50.2 Å². The number of nitriles is 1. The number of pyridine rings is 2. The average Bonchev–Trinajstić information content (AvgIpc) is 3.81. The molecule has 41 heavy (non-hydrogen) atoms. The molecule has 3 heterocycles. The molecule has 3 N–H and O–H groups in total. The highest BCUT2D eigenvalue weighted by Gasteiger charge is 2.52. The van der Waals surface area contributed by atoms with E-state index in [1.165, 1.54) is 18.9 Å². The SMILES string of the molecule is COC(CF)CN(CCCCc1ccc2c(n1)NCCC2)CCC(NC(=O)C1(c2cncc(C#N)c2)CC1)C(=O)O. The number of nitrogens with one attached hydrogen (secondary N) is 2. The molecule has 1 amide bonds. The van der Waals surface area contributed by atoms with E-state index in [1.54, 1.807) is 12.3 Å². The number of alkyl halides is 1. The van der Waals surface area contributed by atoms with Gasteiger partial charge in [0, 0.05) is 44.8 Å². The summed E-state index contributed by atoms with van der Waals surface area (Å²) in [5, 5.41) is 25.2. The number of aromatic nitrogens is 2. The standard InChI is InChI=1S/C30H39FN6O4/c1-41-25(16-31)20-37(13-3-2-6-24-8-7-22-5-4-12-34-27(22)35-24)14-9-26(28(38)39)36-29(40)30(10-11-30)23-15-21(17-32)18-33-19-23/h7-8,15,18-19,25-26H,2-6,9-14,16,20H2,1H3,(H,34,35)(H,36,40)(H,38,39). The summed E-state index contributed by atoms with van der Waals surface area (Å²) in [6.07, 6.45) is 8.35. The number of unbranched alkanes of at least 4 members (excludes halogenated alkanes) is 1. The van der Waals surface area contributed by atoms with Crippen LogP contribution in [0.25, 0.3) is 0 Å².